The van der Waals surface area contributed by atoms with Gasteiger partial charge in [-0.25, -0.2) is 4.98 Å². The summed E-state index contributed by atoms with van der Waals surface area (Å²) in [7, 11) is 0. The Morgan fingerprint density at radius 3 is 2.94 bits per heavy atom. The second-order valence-corrected chi connectivity index (χ2v) is 6.20. The van der Waals surface area contributed by atoms with Crippen LogP contribution in [0.25, 0.3) is 0 Å². The number of carbonyl (C=O) groups excluding carboxylic acids is 1. The molecule has 0 aromatic carbocycles. The van der Waals surface area contributed by atoms with E-state index in [1.54, 1.807) is 5.51 Å². The van der Waals surface area contributed by atoms with Gasteiger partial charge in [0.2, 0.25) is 0 Å². The van der Waals surface area contributed by atoms with Crippen molar-refractivity contribution in [3.63, 3.8) is 0 Å². The largest absolute Gasteiger partial charge is 0.396 e. The Labute approximate surface area is 105 Å². The molecule has 0 aliphatic heterocycles. The number of carbonyl (C=O) groups is 1. The molecule has 17 heavy (non-hydrogen) atoms. The Morgan fingerprint density at radius 2 is 2.35 bits per heavy atom. The maximum Gasteiger partial charge on any atom is 0.263 e. The molecule has 1 aliphatic carbocycles. The van der Waals surface area contributed by atoms with Gasteiger partial charge in [0, 0.05) is 24.5 Å². The lowest BCUT2D eigenvalue weighted by atomic mass is 9.95. The number of thiazole rings is 1. The monoisotopic (exact) mass is 254 g/mol. The quantitative estimate of drug-likeness (QED) is 0.841. The summed E-state index contributed by atoms with van der Waals surface area (Å²) in [6.07, 6.45) is 2.29. The van der Waals surface area contributed by atoms with Gasteiger partial charge in [0.25, 0.3) is 5.91 Å². The minimum atomic E-state index is -0.278. The summed E-state index contributed by atoms with van der Waals surface area (Å²) >= 11 is 1.40. The molecule has 0 bridgehead atoms. The van der Waals surface area contributed by atoms with Crippen molar-refractivity contribution in [3.05, 3.63) is 16.1 Å². The van der Waals surface area contributed by atoms with Crippen LogP contribution in [-0.2, 0) is 0 Å². The van der Waals surface area contributed by atoms with Crippen LogP contribution in [0.5, 0.6) is 0 Å². The van der Waals surface area contributed by atoms with Gasteiger partial charge in [0.1, 0.15) is 4.88 Å². The average Bonchev–Trinajstić information content (AvgIpc) is 3.04. The molecule has 0 saturated heterocycles. The Morgan fingerprint density at radius 1 is 1.65 bits per heavy atom. The van der Waals surface area contributed by atoms with E-state index < -0.39 is 0 Å². The Kier molecular flexibility index (Phi) is 3.49. The number of rotatable bonds is 5. The third-order valence-corrected chi connectivity index (χ3v) is 3.76. The number of hydrogen-bond donors (Lipinski definition) is 2. The highest BCUT2D eigenvalue weighted by molar-refractivity contribution is 7.11. The molecule has 1 aliphatic rings. The molecule has 1 aromatic rings. The average molecular weight is 254 g/mol. The predicted molar refractivity (Wildman–Crippen MR) is 67.3 cm³/mol. The fourth-order valence-corrected chi connectivity index (χ4v) is 2.32. The van der Waals surface area contributed by atoms with E-state index >= 15 is 0 Å². The molecule has 5 heteroatoms. The number of aliphatic hydroxyl groups is 1. The molecule has 2 rings (SSSR count). The zero-order chi connectivity index (χ0) is 12.5. The predicted octanol–water partition coefficient (Wildman–Crippen LogP) is 1.77. The molecule has 1 amide bonds. The molecule has 1 aromatic heterocycles. The summed E-state index contributed by atoms with van der Waals surface area (Å²) in [5, 5.41) is 12.0. The highest BCUT2D eigenvalue weighted by Crippen LogP contribution is 2.41. The number of amides is 1. The van der Waals surface area contributed by atoms with Crippen molar-refractivity contribution < 1.29 is 9.90 Å². The first kappa shape index (κ1) is 12.5. The van der Waals surface area contributed by atoms with E-state index in [9.17, 15) is 4.79 Å². The minimum Gasteiger partial charge on any atom is -0.396 e. The fraction of sp³-hybridized carbons (Fsp3) is 0.667. The normalized spacial score (nSPS) is 15.9. The van der Waals surface area contributed by atoms with Crippen LogP contribution >= 0.6 is 11.3 Å². The molecule has 0 radical (unpaired) electrons. The van der Waals surface area contributed by atoms with Crippen LogP contribution in [0.4, 0.5) is 0 Å². The van der Waals surface area contributed by atoms with E-state index in [-0.39, 0.29) is 17.9 Å². The second kappa shape index (κ2) is 4.74. The van der Waals surface area contributed by atoms with Crippen molar-refractivity contribution in [2.45, 2.75) is 32.6 Å². The summed E-state index contributed by atoms with van der Waals surface area (Å²) in [6, 6.07) is 0. The second-order valence-electron chi connectivity index (χ2n) is 5.35. The molecular weight excluding hydrogens is 236 g/mol. The lowest BCUT2D eigenvalue weighted by Crippen LogP contribution is -2.36. The molecule has 1 saturated carbocycles. The number of aromatic nitrogens is 1. The van der Waals surface area contributed by atoms with E-state index in [1.165, 1.54) is 11.3 Å². The van der Waals surface area contributed by atoms with Crippen molar-refractivity contribution in [2.24, 2.45) is 5.41 Å². The van der Waals surface area contributed by atoms with Crippen LogP contribution in [0.2, 0.25) is 0 Å². The Balaban J connectivity index is 1.97. The van der Waals surface area contributed by atoms with Gasteiger partial charge in [-0.05, 0) is 12.8 Å². The first-order valence-corrected chi connectivity index (χ1v) is 6.74. The maximum atomic E-state index is 12.0. The zero-order valence-electron chi connectivity index (χ0n) is 10.2. The third kappa shape index (κ3) is 3.04. The van der Waals surface area contributed by atoms with Crippen molar-refractivity contribution >= 4 is 17.2 Å². The van der Waals surface area contributed by atoms with E-state index in [0.29, 0.717) is 12.5 Å². The molecule has 0 atom stereocenters. The van der Waals surface area contributed by atoms with E-state index in [0.717, 1.165) is 23.4 Å². The first-order valence-electron chi connectivity index (χ1n) is 5.86. The van der Waals surface area contributed by atoms with Crippen molar-refractivity contribution in [1.82, 2.24) is 10.3 Å². The van der Waals surface area contributed by atoms with Gasteiger partial charge < -0.3 is 10.4 Å². The topological polar surface area (TPSA) is 62.2 Å². The van der Waals surface area contributed by atoms with Crippen molar-refractivity contribution in [2.75, 3.05) is 13.2 Å². The molecule has 0 unspecified atom stereocenters. The van der Waals surface area contributed by atoms with E-state index in [4.69, 9.17) is 5.11 Å². The molecule has 4 nitrogen and oxygen atoms in total. The van der Waals surface area contributed by atoms with Gasteiger partial charge in [-0.15, -0.1) is 11.3 Å². The molecule has 1 heterocycles. The van der Waals surface area contributed by atoms with Crippen LogP contribution in [0.3, 0.4) is 0 Å². The number of hydrogen-bond acceptors (Lipinski definition) is 4. The standard InChI is InChI=1S/C12H18N2O2S/c1-12(2,6-15)5-13-11(16)10-9(8-3-4-8)14-7-17-10/h7-8,15H,3-6H2,1-2H3,(H,13,16). The Bertz CT molecular complexity index is 410. The Hall–Kier alpha value is -0.940. The van der Waals surface area contributed by atoms with Gasteiger partial charge in [0.05, 0.1) is 11.2 Å². The van der Waals surface area contributed by atoms with Crippen LogP contribution in [0, 0.1) is 5.41 Å². The lowest BCUT2D eigenvalue weighted by Gasteiger charge is -2.21. The van der Waals surface area contributed by atoms with Crippen molar-refractivity contribution in [3.8, 4) is 0 Å². The van der Waals surface area contributed by atoms with Gasteiger partial charge in [-0.3, -0.25) is 4.79 Å². The van der Waals surface area contributed by atoms with Crippen LogP contribution in [-0.4, -0.2) is 29.1 Å². The van der Waals surface area contributed by atoms with E-state index in [2.05, 4.69) is 10.3 Å². The number of nitrogens with zero attached hydrogens (tertiary/aromatic N) is 1. The lowest BCUT2D eigenvalue weighted by molar-refractivity contribution is 0.0914. The van der Waals surface area contributed by atoms with Crippen LogP contribution in [0.15, 0.2) is 5.51 Å². The summed E-state index contributed by atoms with van der Waals surface area (Å²) < 4.78 is 0. The molecule has 94 valence electrons. The summed E-state index contributed by atoms with van der Waals surface area (Å²) in [6.45, 7) is 4.37. The molecular formula is C12H18N2O2S. The van der Waals surface area contributed by atoms with Crippen molar-refractivity contribution in [1.29, 1.82) is 0 Å². The highest BCUT2D eigenvalue weighted by Gasteiger charge is 2.31. The molecule has 0 spiro atoms. The highest BCUT2D eigenvalue weighted by atomic mass is 32.1. The summed E-state index contributed by atoms with van der Waals surface area (Å²) in [4.78, 5) is 17.0. The van der Waals surface area contributed by atoms with Gasteiger partial charge in [-0.2, -0.15) is 0 Å². The minimum absolute atomic E-state index is 0.0593. The SMILES string of the molecule is CC(C)(CO)CNC(=O)c1scnc1C1CC1. The zero-order valence-corrected chi connectivity index (χ0v) is 11.0. The number of nitrogens with one attached hydrogen (secondary N) is 1. The van der Waals surface area contributed by atoms with Crippen LogP contribution < -0.4 is 5.32 Å². The van der Waals surface area contributed by atoms with Crippen LogP contribution in [0.1, 0.15) is 48.0 Å². The maximum absolute atomic E-state index is 12.0. The smallest absolute Gasteiger partial charge is 0.263 e. The third-order valence-electron chi connectivity index (χ3n) is 2.92. The van der Waals surface area contributed by atoms with Gasteiger partial charge >= 0.3 is 0 Å². The first-order chi connectivity index (χ1) is 8.03. The summed E-state index contributed by atoms with van der Waals surface area (Å²) in [5.74, 6) is 0.434. The fourth-order valence-electron chi connectivity index (χ4n) is 1.53. The van der Waals surface area contributed by atoms with Gasteiger partial charge in [0.15, 0.2) is 0 Å². The number of aliphatic hydroxyl groups excluding tert-OH is 1. The van der Waals surface area contributed by atoms with E-state index in [1.807, 2.05) is 13.8 Å². The van der Waals surface area contributed by atoms with Gasteiger partial charge in [-0.1, -0.05) is 13.8 Å². The molecule has 1 fully saturated rings. The summed E-state index contributed by atoms with van der Waals surface area (Å²) in [5.41, 5.74) is 2.41. The molecule has 2 N–H and O–H groups in total.